The maximum atomic E-state index is 13.0. The highest BCUT2D eigenvalue weighted by atomic mass is 16.5. The second-order valence-electron chi connectivity index (χ2n) is 8.41. The average Bonchev–Trinajstić information content (AvgIpc) is 2.85. The van der Waals surface area contributed by atoms with Gasteiger partial charge >= 0.3 is 0 Å². The van der Waals surface area contributed by atoms with Gasteiger partial charge in [0.25, 0.3) is 0 Å². The van der Waals surface area contributed by atoms with Gasteiger partial charge in [0.15, 0.2) is 18.0 Å². The Bertz CT molecular complexity index is 987. The molecule has 4 rings (SSSR count). The first kappa shape index (κ1) is 23.4. The molecule has 2 heterocycles. The highest BCUT2D eigenvalue weighted by Gasteiger charge is 2.40. The number of carbonyl (C=O) groups excluding carboxylic acids is 1. The number of ketones is 1. The van der Waals surface area contributed by atoms with Crippen LogP contribution in [0.15, 0.2) is 30.3 Å². The normalized spacial score (nSPS) is 20.8. The molecule has 2 aromatic rings. The van der Waals surface area contributed by atoms with Gasteiger partial charge in [-0.2, -0.15) is 0 Å². The molecule has 1 fully saturated rings. The predicted molar refractivity (Wildman–Crippen MR) is 121 cm³/mol. The average molecular weight is 458 g/mol. The summed E-state index contributed by atoms with van der Waals surface area (Å²) in [5, 5.41) is 24.8. The lowest BCUT2D eigenvalue weighted by Gasteiger charge is -2.32. The number of aromatic hydroxyl groups is 1. The van der Waals surface area contributed by atoms with Crippen molar-refractivity contribution in [2.75, 3.05) is 40.5 Å². The second-order valence-corrected chi connectivity index (χ2v) is 8.41. The quantitative estimate of drug-likeness (QED) is 0.520. The number of ether oxygens (including phenoxy) is 4. The van der Waals surface area contributed by atoms with Crippen molar-refractivity contribution in [2.45, 2.75) is 31.5 Å². The summed E-state index contributed by atoms with van der Waals surface area (Å²) in [6.45, 7) is 3.10. The molecule has 0 saturated carbocycles. The van der Waals surface area contributed by atoms with Crippen LogP contribution in [-0.4, -0.2) is 62.6 Å². The van der Waals surface area contributed by atoms with Crippen LogP contribution < -0.4 is 19.5 Å². The van der Waals surface area contributed by atoms with Crippen LogP contribution in [0, 0.1) is 5.92 Å². The Morgan fingerprint density at radius 3 is 2.64 bits per heavy atom. The Labute approximate surface area is 193 Å². The van der Waals surface area contributed by atoms with Gasteiger partial charge in [0.2, 0.25) is 0 Å². The van der Waals surface area contributed by atoms with Gasteiger partial charge in [-0.1, -0.05) is 0 Å². The van der Waals surface area contributed by atoms with E-state index in [0.717, 1.165) is 32.6 Å². The fourth-order valence-electron chi connectivity index (χ4n) is 4.43. The third kappa shape index (κ3) is 4.93. The fourth-order valence-corrected chi connectivity index (χ4v) is 4.43. The molecule has 8 heteroatoms. The van der Waals surface area contributed by atoms with Crippen LogP contribution >= 0.6 is 0 Å². The van der Waals surface area contributed by atoms with Crippen molar-refractivity contribution >= 4 is 5.78 Å². The van der Waals surface area contributed by atoms with Crippen LogP contribution in [0.2, 0.25) is 0 Å². The van der Waals surface area contributed by atoms with Crippen molar-refractivity contribution in [2.24, 2.45) is 5.92 Å². The molecule has 178 valence electrons. The number of methoxy groups -OCH3 is 2. The van der Waals surface area contributed by atoms with E-state index in [9.17, 15) is 15.0 Å². The Morgan fingerprint density at radius 1 is 1.12 bits per heavy atom. The predicted octanol–water partition coefficient (Wildman–Crippen LogP) is 2.65. The molecule has 0 radical (unpaired) electrons. The number of rotatable bonds is 8. The van der Waals surface area contributed by atoms with Gasteiger partial charge < -0.3 is 34.5 Å². The molecule has 2 unspecified atom stereocenters. The van der Waals surface area contributed by atoms with E-state index in [-0.39, 0.29) is 11.3 Å². The summed E-state index contributed by atoms with van der Waals surface area (Å²) in [6, 6.07) is 8.08. The van der Waals surface area contributed by atoms with Gasteiger partial charge in [0.05, 0.1) is 19.8 Å². The first-order chi connectivity index (χ1) is 16.0. The summed E-state index contributed by atoms with van der Waals surface area (Å²) < 4.78 is 22.3. The molecule has 0 amide bonds. The minimum atomic E-state index is -1.40. The first-order valence-corrected chi connectivity index (χ1v) is 11.3. The van der Waals surface area contributed by atoms with E-state index in [1.54, 1.807) is 25.3 Å². The first-order valence-electron chi connectivity index (χ1n) is 11.3. The Balaban J connectivity index is 1.55. The van der Waals surface area contributed by atoms with Crippen LogP contribution in [-0.2, 0) is 11.2 Å². The molecule has 2 aliphatic heterocycles. The molecular formula is C25H31NO7. The van der Waals surface area contributed by atoms with E-state index in [2.05, 4.69) is 5.32 Å². The number of hydrogen-bond donors (Lipinski definition) is 3. The van der Waals surface area contributed by atoms with Crippen molar-refractivity contribution in [3.8, 4) is 23.0 Å². The van der Waals surface area contributed by atoms with E-state index in [4.69, 9.17) is 18.9 Å². The van der Waals surface area contributed by atoms with E-state index >= 15 is 0 Å². The second kappa shape index (κ2) is 10.4. The van der Waals surface area contributed by atoms with Gasteiger partial charge in [0, 0.05) is 30.4 Å². The zero-order chi connectivity index (χ0) is 23.4. The van der Waals surface area contributed by atoms with Crippen LogP contribution in [0.4, 0.5) is 0 Å². The smallest absolute Gasteiger partial charge is 0.199 e. The number of aliphatic hydroxyl groups excluding tert-OH is 1. The van der Waals surface area contributed by atoms with Crippen LogP contribution in [0.3, 0.4) is 0 Å². The maximum absolute atomic E-state index is 13.0. The van der Waals surface area contributed by atoms with Gasteiger partial charge in [-0.3, -0.25) is 4.79 Å². The number of nitrogens with one attached hydrogen (secondary N) is 1. The van der Waals surface area contributed by atoms with Gasteiger partial charge in [-0.25, -0.2) is 0 Å². The number of aliphatic hydroxyl groups is 1. The van der Waals surface area contributed by atoms with E-state index in [1.807, 2.05) is 0 Å². The molecule has 2 aliphatic rings. The topological polar surface area (TPSA) is 106 Å². The molecule has 0 bridgehead atoms. The van der Waals surface area contributed by atoms with E-state index in [0.29, 0.717) is 47.3 Å². The van der Waals surface area contributed by atoms with E-state index in [1.165, 1.54) is 19.2 Å². The molecule has 0 spiro atoms. The lowest BCUT2D eigenvalue weighted by molar-refractivity contribution is 0.0203. The van der Waals surface area contributed by atoms with Crippen molar-refractivity contribution < 1.29 is 34.0 Å². The molecule has 1 saturated heterocycles. The number of fused-ring (bicyclic) bond motifs is 1. The highest BCUT2D eigenvalue weighted by Crippen LogP contribution is 2.43. The summed E-state index contributed by atoms with van der Waals surface area (Å²) in [6.07, 6.45) is 0.193. The van der Waals surface area contributed by atoms with Crippen molar-refractivity contribution in [1.29, 1.82) is 0 Å². The third-order valence-electron chi connectivity index (χ3n) is 6.37. The zero-order valence-electron chi connectivity index (χ0n) is 19.0. The SMILES string of the molecule is COc1ccc(C2Oc3c(ccc(O)c3CCNCC3CCOCC3)C(=O)C2O)c(OC)c1. The summed E-state index contributed by atoms with van der Waals surface area (Å²) in [5.41, 5.74) is 1.34. The van der Waals surface area contributed by atoms with Crippen molar-refractivity contribution in [3.05, 3.63) is 47.0 Å². The van der Waals surface area contributed by atoms with Crippen molar-refractivity contribution in [1.82, 2.24) is 5.32 Å². The van der Waals surface area contributed by atoms with Crippen LogP contribution in [0.5, 0.6) is 23.0 Å². The lowest BCUT2D eigenvalue weighted by Crippen LogP contribution is -2.37. The molecule has 2 aromatic carbocycles. The third-order valence-corrected chi connectivity index (χ3v) is 6.37. The summed E-state index contributed by atoms with van der Waals surface area (Å²) in [5.74, 6) is 1.52. The number of phenols is 1. The van der Waals surface area contributed by atoms with Crippen LogP contribution in [0.25, 0.3) is 0 Å². The number of hydrogen-bond acceptors (Lipinski definition) is 8. The van der Waals surface area contributed by atoms with Crippen LogP contribution in [0.1, 0.15) is 40.4 Å². The van der Waals surface area contributed by atoms with Gasteiger partial charge in [-0.05, 0) is 62.5 Å². The Kier molecular flexibility index (Phi) is 7.37. The molecule has 3 N–H and O–H groups in total. The Morgan fingerprint density at radius 2 is 1.91 bits per heavy atom. The van der Waals surface area contributed by atoms with Gasteiger partial charge in [-0.15, -0.1) is 0 Å². The monoisotopic (exact) mass is 457 g/mol. The number of Topliss-reactive ketones (excluding diaryl/α,β-unsaturated/α-hetero) is 1. The molecule has 2 atom stereocenters. The molecule has 0 aromatic heterocycles. The Hall–Kier alpha value is -2.81. The molecule has 33 heavy (non-hydrogen) atoms. The number of benzene rings is 2. The summed E-state index contributed by atoms with van der Waals surface area (Å²) >= 11 is 0. The van der Waals surface area contributed by atoms with Crippen molar-refractivity contribution in [3.63, 3.8) is 0 Å². The molecule has 8 nitrogen and oxygen atoms in total. The summed E-state index contributed by atoms with van der Waals surface area (Å²) in [4.78, 5) is 13.0. The fraction of sp³-hybridized carbons (Fsp3) is 0.480. The minimum Gasteiger partial charge on any atom is -0.508 e. The van der Waals surface area contributed by atoms with Gasteiger partial charge in [0.1, 0.15) is 23.0 Å². The molecule has 0 aliphatic carbocycles. The maximum Gasteiger partial charge on any atom is 0.199 e. The van der Waals surface area contributed by atoms with E-state index < -0.39 is 18.0 Å². The lowest BCUT2D eigenvalue weighted by atomic mass is 9.90. The standard InChI is InChI=1S/C25H31NO7/c1-30-16-3-4-18(21(13-16)31-2)25-23(29)22(28)19-5-6-20(27)17(24(19)33-25)7-10-26-14-15-8-11-32-12-9-15/h3-6,13,15,23,25-27,29H,7-12,14H2,1-2H3. The zero-order valence-corrected chi connectivity index (χ0v) is 19.0. The molecular weight excluding hydrogens is 426 g/mol. The number of phenolic OH excluding ortho intramolecular Hbond substituents is 1. The summed E-state index contributed by atoms with van der Waals surface area (Å²) in [7, 11) is 3.05. The largest absolute Gasteiger partial charge is 0.508 e. The minimum absolute atomic E-state index is 0.0613. The highest BCUT2D eigenvalue weighted by molar-refractivity contribution is 6.03. The number of carbonyl (C=O) groups is 1.